The van der Waals surface area contributed by atoms with Crippen LogP contribution in [-0.2, 0) is 0 Å². The van der Waals surface area contributed by atoms with Crippen molar-refractivity contribution in [3.05, 3.63) is 35.9 Å². The second-order valence-corrected chi connectivity index (χ2v) is 5.16. The van der Waals surface area contributed by atoms with Crippen molar-refractivity contribution in [2.24, 2.45) is 5.92 Å². The molecule has 1 aromatic rings. The van der Waals surface area contributed by atoms with Crippen molar-refractivity contribution in [3.8, 4) is 0 Å². The Labute approximate surface area is 108 Å². The summed E-state index contributed by atoms with van der Waals surface area (Å²) in [6.45, 7) is 4.57. The molecule has 1 unspecified atom stereocenters. The Bertz CT molecular complexity index is 383. The van der Waals surface area contributed by atoms with Gasteiger partial charge in [-0.1, -0.05) is 37.3 Å². The number of carbonyl (C=O) groups excluding carboxylic acids is 1. The van der Waals surface area contributed by atoms with E-state index < -0.39 is 0 Å². The van der Waals surface area contributed by atoms with Gasteiger partial charge in [0.15, 0.2) is 5.78 Å². The van der Waals surface area contributed by atoms with E-state index in [1.165, 1.54) is 0 Å². The second-order valence-electron chi connectivity index (χ2n) is 5.16. The zero-order valence-electron chi connectivity index (χ0n) is 10.9. The Morgan fingerprint density at radius 2 is 1.94 bits per heavy atom. The molecule has 3 heteroatoms. The average molecular weight is 247 g/mol. The summed E-state index contributed by atoms with van der Waals surface area (Å²) in [5, 5.41) is 9.45. The van der Waals surface area contributed by atoms with Gasteiger partial charge in [0, 0.05) is 31.1 Å². The first kappa shape index (κ1) is 13.2. The Hall–Kier alpha value is -1.19. The molecule has 0 aliphatic carbocycles. The van der Waals surface area contributed by atoms with Gasteiger partial charge in [0.25, 0.3) is 0 Å². The number of hydrogen-bond donors (Lipinski definition) is 1. The van der Waals surface area contributed by atoms with Crippen molar-refractivity contribution in [2.75, 3.05) is 19.6 Å². The van der Waals surface area contributed by atoms with Crippen LogP contribution < -0.4 is 0 Å². The van der Waals surface area contributed by atoms with Gasteiger partial charge in [0.2, 0.25) is 0 Å². The van der Waals surface area contributed by atoms with Gasteiger partial charge in [0.05, 0.1) is 6.10 Å². The molecule has 1 aromatic carbocycles. The van der Waals surface area contributed by atoms with Gasteiger partial charge in [-0.25, -0.2) is 0 Å². The minimum Gasteiger partial charge on any atom is -0.393 e. The molecule has 1 N–H and O–H groups in total. The quantitative estimate of drug-likeness (QED) is 0.827. The van der Waals surface area contributed by atoms with Gasteiger partial charge < -0.3 is 10.0 Å². The first-order valence-corrected chi connectivity index (χ1v) is 6.66. The first-order valence-electron chi connectivity index (χ1n) is 6.66. The number of carbonyl (C=O) groups is 1. The Morgan fingerprint density at radius 1 is 1.33 bits per heavy atom. The van der Waals surface area contributed by atoms with E-state index in [1.54, 1.807) is 0 Å². The Kier molecular flexibility index (Phi) is 4.50. The summed E-state index contributed by atoms with van der Waals surface area (Å²) < 4.78 is 0. The van der Waals surface area contributed by atoms with Crippen molar-refractivity contribution in [1.82, 2.24) is 4.90 Å². The number of aliphatic hydroxyl groups is 1. The minimum absolute atomic E-state index is 0.0163. The molecule has 0 bridgehead atoms. The number of ketones is 1. The fourth-order valence-corrected chi connectivity index (χ4v) is 2.46. The summed E-state index contributed by atoms with van der Waals surface area (Å²) in [5.74, 6) is 0.226. The lowest BCUT2D eigenvalue weighted by molar-refractivity contribution is 0.0694. The molecule has 3 nitrogen and oxygen atoms in total. The predicted octanol–water partition coefficient (Wildman–Crippen LogP) is 1.96. The fraction of sp³-hybridized carbons (Fsp3) is 0.533. The van der Waals surface area contributed by atoms with Crippen molar-refractivity contribution < 1.29 is 9.90 Å². The molecular formula is C15H21NO2. The molecule has 0 amide bonds. The third-order valence-electron chi connectivity index (χ3n) is 3.60. The highest BCUT2D eigenvalue weighted by molar-refractivity contribution is 5.97. The Balaban J connectivity index is 1.88. The molecule has 0 radical (unpaired) electrons. The van der Waals surface area contributed by atoms with Crippen LogP contribution in [0.3, 0.4) is 0 Å². The second kappa shape index (κ2) is 6.12. The molecule has 1 atom stereocenters. The lowest BCUT2D eigenvalue weighted by Gasteiger charge is -2.31. The van der Waals surface area contributed by atoms with Crippen LogP contribution in [-0.4, -0.2) is 41.5 Å². The highest BCUT2D eigenvalue weighted by Gasteiger charge is 2.22. The molecule has 1 fully saturated rings. The van der Waals surface area contributed by atoms with E-state index in [1.807, 2.05) is 37.3 Å². The Morgan fingerprint density at radius 3 is 2.56 bits per heavy atom. The van der Waals surface area contributed by atoms with Gasteiger partial charge in [-0.2, -0.15) is 0 Å². The van der Waals surface area contributed by atoms with E-state index >= 15 is 0 Å². The van der Waals surface area contributed by atoms with E-state index in [4.69, 9.17) is 0 Å². The summed E-state index contributed by atoms with van der Waals surface area (Å²) >= 11 is 0. The molecule has 0 saturated carbocycles. The SMILES string of the molecule is CC(CN1CCC(O)CC1)C(=O)c1ccccc1. The van der Waals surface area contributed by atoms with Gasteiger partial charge in [-0.05, 0) is 12.8 Å². The van der Waals surface area contributed by atoms with Crippen LogP contribution in [0.1, 0.15) is 30.1 Å². The molecule has 0 spiro atoms. The van der Waals surface area contributed by atoms with Crippen molar-refractivity contribution >= 4 is 5.78 Å². The molecule has 98 valence electrons. The molecular weight excluding hydrogens is 226 g/mol. The number of aliphatic hydroxyl groups excluding tert-OH is 1. The molecule has 0 aromatic heterocycles. The first-order chi connectivity index (χ1) is 8.66. The van der Waals surface area contributed by atoms with Gasteiger partial charge >= 0.3 is 0 Å². The van der Waals surface area contributed by atoms with Crippen LogP contribution in [0, 0.1) is 5.92 Å². The van der Waals surface area contributed by atoms with E-state index in [0.717, 1.165) is 38.0 Å². The number of hydrogen-bond acceptors (Lipinski definition) is 3. The number of nitrogens with zero attached hydrogens (tertiary/aromatic N) is 1. The van der Waals surface area contributed by atoms with Crippen molar-refractivity contribution in [3.63, 3.8) is 0 Å². The van der Waals surface area contributed by atoms with E-state index in [-0.39, 0.29) is 17.8 Å². The molecule has 1 heterocycles. The van der Waals surface area contributed by atoms with Crippen LogP contribution >= 0.6 is 0 Å². The van der Waals surface area contributed by atoms with Crippen LogP contribution in [0.25, 0.3) is 0 Å². The van der Waals surface area contributed by atoms with Gasteiger partial charge in [0.1, 0.15) is 0 Å². The van der Waals surface area contributed by atoms with E-state index in [0.29, 0.717) is 0 Å². The van der Waals surface area contributed by atoms with Crippen LogP contribution in [0.2, 0.25) is 0 Å². The van der Waals surface area contributed by atoms with Crippen LogP contribution in [0.4, 0.5) is 0 Å². The summed E-state index contributed by atoms with van der Waals surface area (Å²) in [6, 6.07) is 9.47. The van der Waals surface area contributed by atoms with E-state index in [2.05, 4.69) is 4.90 Å². The number of benzene rings is 1. The number of likely N-dealkylation sites (tertiary alicyclic amines) is 1. The predicted molar refractivity (Wildman–Crippen MR) is 71.6 cm³/mol. The molecule has 1 aliphatic rings. The maximum absolute atomic E-state index is 12.2. The van der Waals surface area contributed by atoms with Crippen LogP contribution in [0.5, 0.6) is 0 Å². The lowest BCUT2D eigenvalue weighted by Crippen LogP contribution is -2.39. The summed E-state index contributed by atoms with van der Waals surface area (Å²) in [5.41, 5.74) is 0.794. The van der Waals surface area contributed by atoms with Gasteiger partial charge in [-0.15, -0.1) is 0 Å². The summed E-state index contributed by atoms with van der Waals surface area (Å²) in [4.78, 5) is 14.5. The molecule has 2 rings (SSSR count). The highest BCUT2D eigenvalue weighted by atomic mass is 16.3. The number of piperidine rings is 1. The zero-order chi connectivity index (χ0) is 13.0. The maximum Gasteiger partial charge on any atom is 0.166 e. The standard InChI is InChI=1S/C15H21NO2/c1-12(11-16-9-7-14(17)8-10-16)15(18)13-5-3-2-4-6-13/h2-6,12,14,17H,7-11H2,1H3. The highest BCUT2D eigenvalue weighted by Crippen LogP contribution is 2.14. The van der Waals surface area contributed by atoms with Crippen LogP contribution in [0.15, 0.2) is 30.3 Å². The summed E-state index contributed by atoms with van der Waals surface area (Å²) in [7, 11) is 0. The number of Topliss-reactive ketones (excluding diaryl/α,β-unsaturated/α-hetero) is 1. The fourth-order valence-electron chi connectivity index (χ4n) is 2.46. The minimum atomic E-state index is -0.151. The monoisotopic (exact) mass is 247 g/mol. The largest absolute Gasteiger partial charge is 0.393 e. The molecule has 18 heavy (non-hydrogen) atoms. The third kappa shape index (κ3) is 3.40. The van der Waals surface area contributed by atoms with Crippen molar-refractivity contribution in [1.29, 1.82) is 0 Å². The lowest BCUT2D eigenvalue weighted by atomic mass is 9.97. The van der Waals surface area contributed by atoms with E-state index in [9.17, 15) is 9.90 Å². The van der Waals surface area contributed by atoms with Crippen molar-refractivity contribution in [2.45, 2.75) is 25.9 Å². The average Bonchev–Trinajstić information content (AvgIpc) is 2.41. The maximum atomic E-state index is 12.2. The normalized spacial score (nSPS) is 19.7. The smallest absolute Gasteiger partial charge is 0.166 e. The molecule has 1 aliphatic heterocycles. The summed E-state index contributed by atoms with van der Waals surface area (Å²) in [6.07, 6.45) is 1.50. The number of rotatable bonds is 4. The molecule has 1 saturated heterocycles. The topological polar surface area (TPSA) is 40.5 Å². The zero-order valence-corrected chi connectivity index (χ0v) is 10.9. The van der Waals surface area contributed by atoms with Gasteiger partial charge in [-0.3, -0.25) is 4.79 Å². The third-order valence-corrected chi connectivity index (χ3v) is 3.60.